The van der Waals surface area contributed by atoms with E-state index >= 15 is 0 Å². The molecule has 0 N–H and O–H groups in total. The van der Waals surface area contributed by atoms with Gasteiger partial charge in [0, 0.05) is 22.9 Å². The topological polar surface area (TPSA) is 22.1 Å². The van der Waals surface area contributed by atoms with E-state index < -0.39 is 0 Å². The molecule has 2 unspecified atom stereocenters. The molecule has 3 aliphatic heterocycles. The summed E-state index contributed by atoms with van der Waals surface area (Å²) in [7, 11) is 0. The van der Waals surface area contributed by atoms with E-state index in [-0.39, 0.29) is 12.2 Å². The molecule has 0 spiro atoms. The minimum atomic E-state index is 0.0680. The lowest BCUT2D eigenvalue weighted by Gasteiger charge is -2.07. The standard InChI is InChI=1S/C19H13NO/c1-2-5-12(6-3-1)15-11-20-19-13(15)7-4-8-14-16-9-10-17(21-16)18(14)19/h1-11,16-17H. The third-order valence-corrected chi connectivity index (χ3v) is 4.40. The first kappa shape index (κ1) is 11.2. The van der Waals surface area contributed by atoms with Crippen LogP contribution in [-0.2, 0) is 4.74 Å². The van der Waals surface area contributed by atoms with Gasteiger partial charge in [-0.3, -0.25) is 4.98 Å². The molecule has 0 fully saturated rings. The molecule has 1 aliphatic carbocycles. The van der Waals surface area contributed by atoms with Crippen LogP contribution in [0.2, 0.25) is 0 Å². The predicted octanol–water partition coefficient (Wildman–Crippen LogP) is 4.54. The molecule has 2 bridgehead atoms. The highest BCUT2D eigenvalue weighted by Crippen LogP contribution is 2.50. The van der Waals surface area contributed by atoms with E-state index in [4.69, 9.17) is 9.72 Å². The van der Waals surface area contributed by atoms with E-state index in [9.17, 15) is 0 Å². The molecule has 4 aliphatic rings. The molecule has 0 radical (unpaired) electrons. The third-order valence-electron chi connectivity index (χ3n) is 4.40. The van der Waals surface area contributed by atoms with Crippen LogP contribution < -0.4 is 0 Å². The van der Waals surface area contributed by atoms with Crippen molar-refractivity contribution in [1.29, 1.82) is 0 Å². The maximum atomic E-state index is 5.96. The van der Waals surface area contributed by atoms with Crippen molar-refractivity contribution in [2.75, 3.05) is 0 Å². The normalized spacial score (nSPS) is 21.9. The van der Waals surface area contributed by atoms with Crippen LogP contribution in [0.15, 0.2) is 66.9 Å². The summed E-state index contributed by atoms with van der Waals surface area (Å²) in [6, 6.07) is 16.9. The Morgan fingerprint density at radius 1 is 0.810 bits per heavy atom. The summed E-state index contributed by atoms with van der Waals surface area (Å²) in [5, 5.41) is 0. The number of hydrogen-bond donors (Lipinski definition) is 0. The molecule has 3 heterocycles. The van der Waals surface area contributed by atoms with E-state index in [0.29, 0.717) is 0 Å². The molecule has 0 saturated carbocycles. The van der Waals surface area contributed by atoms with Gasteiger partial charge in [-0.1, -0.05) is 60.7 Å². The quantitative estimate of drug-likeness (QED) is 0.606. The van der Waals surface area contributed by atoms with Crippen molar-refractivity contribution < 1.29 is 4.74 Å². The molecule has 5 rings (SSSR count). The molecule has 21 heavy (non-hydrogen) atoms. The zero-order chi connectivity index (χ0) is 13.8. The van der Waals surface area contributed by atoms with Gasteiger partial charge in [-0.25, -0.2) is 0 Å². The maximum absolute atomic E-state index is 5.96. The van der Waals surface area contributed by atoms with Crippen LogP contribution >= 0.6 is 0 Å². The lowest BCUT2D eigenvalue weighted by atomic mass is 9.94. The first-order chi connectivity index (χ1) is 10.4. The molecular weight excluding hydrogens is 258 g/mol. The fraction of sp³-hybridized carbons (Fsp3) is 0.105. The molecule has 100 valence electrons. The van der Waals surface area contributed by atoms with Gasteiger partial charge in [-0.15, -0.1) is 0 Å². The Labute approximate surface area is 123 Å². The zero-order valence-corrected chi connectivity index (χ0v) is 11.4. The van der Waals surface area contributed by atoms with Crippen LogP contribution in [0.5, 0.6) is 0 Å². The Morgan fingerprint density at radius 3 is 2.57 bits per heavy atom. The van der Waals surface area contributed by atoms with Crippen molar-refractivity contribution in [3.05, 3.63) is 78.0 Å². The van der Waals surface area contributed by atoms with Gasteiger partial charge in [0.1, 0.15) is 12.2 Å². The number of rotatable bonds is 1. The van der Waals surface area contributed by atoms with Crippen LogP contribution in [-0.4, -0.2) is 4.98 Å². The van der Waals surface area contributed by atoms with Gasteiger partial charge in [0.2, 0.25) is 0 Å². The van der Waals surface area contributed by atoms with Crippen molar-refractivity contribution in [3.8, 4) is 22.4 Å². The van der Waals surface area contributed by atoms with Crippen molar-refractivity contribution in [2.45, 2.75) is 12.2 Å². The SMILES string of the molecule is C1=CC2OC1c1cccc3c(-c4ccccc4)cnc-3c12. The van der Waals surface area contributed by atoms with Gasteiger partial charge < -0.3 is 4.74 Å². The molecule has 1 aromatic rings. The molecule has 0 saturated heterocycles. The second kappa shape index (κ2) is 4.03. The minimum absolute atomic E-state index is 0.0680. The van der Waals surface area contributed by atoms with Crippen LogP contribution in [0.4, 0.5) is 0 Å². The number of fused-ring (bicyclic) bond motifs is 7. The largest absolute Gasteiger partial charge is 0.357 e. The van der Waals surface area contributed by atoms with Gasteiger partial charge in [0.15, 0.2) is 0 Å². The van der Waals surface area contributed by atoms with E-state index in [1.54, 1.807) is 0 Å². The summed E-state index contributed by atoms with van der Waals surface area (Å²) in [6.45, 7) is 0. The number of ether oxygens (including phenoxy) is 1. The summed E-state index contributed by atoms with van der Waals surface area (Å²) in [5.74, 6) is 0. The van der Waals surface area contributed by atoms with Gasteiger partial charge in [0.05, 0.1) is 5.69 Å². The fourth-order valence-electron chi connectivity index (χ4n) is 3.44. The summed E-state index contributed by atoms with van der Waals surface area (Å²) in [4.78, 5) is 4.71. The first-order valence-electron chi connectivity index (χ1n) is 7.22. The summed E-state index contributed by atoms with van der Waals surface area (Å²) < 4.78 is 5.96. The highest BCUT2D eigenvalue weighted by atomic mass is 16.5. The molecule has 2 nitrogen and oxygen atoms in total. The molecule has 2 atom stereocenters. The lowest BCUT2D eigenvalue weighted by Crippen LogP contribution is -1.93. The minimum Gasteiger partial charge on any atom is -0.357 e. The molecular formula is C19H13NO. The van der Waals surface area contributed by atoms with Gasteiger partial charge in [-0.2, -0.15) is 0 Å². The number of aromatic nitrogens is 1. The summed E-state index contributed by atoms with van der Waals surface area (Å²) in [5.41, 5.74) is 7.17. The van der Waals surface area contributed by atoms with Crippen molar-refractivity contribution in [2.24, 2.45) is 0 Å². The Kier molecular flexibility index (Phi) is 2.15. The van der Waals surface area contributed by atoms with Gasteiger partial charge >= 0.3 is 0 Å². The van der Waals surface area contributed by atoms with Crippen LogP contribution in [0, 0.1) is 0 Å². The van der Waals surface area contributed by atoms with Crippen molar-refractivity contribution in [1.82, 2.24) is 4.98 Å². The van der Waals surface area contributed by atoms with Gasteiger partial charge in [-0.05, 0) is 11.1 Å². The van der Waals surface area contributed by atoms with Crippen LogP contribution in [0.1, 0.15) is 23.3 Å². The van der Waals surface area contributed by atoms with Crippen molar-refractivity contribution in [3.63, 3.8) is 0 Å². The number of nitrogens with zero attached hydrogens (tertiary/aromatic N) is 1. The second-order valence-electron chi connectivity index (χ2n) is 5.56. The summed E-state index contributed by atoms with van der Waals surface area (Å²) in [6.07, 6.45) is 6.44. The Balaban J connectivity index is 1.76. The molecule has 1 aromatic carbocycles. The van der Waals surface area contributed by atoms with Crippen molar-refractivity contribution >= 4 is 0 Å². The molecule has 0 aromatic heterocycles. The molecule has 2 heteroatoms. The predicted molar refractivity (Wildman–Crippen MR) is 82.0 cm³/mol. The Morgan fingerprint density at radius 2 is 1.67 bits per heavy atom. The van der Waals surface area contributed by atoms with E-state index in [1.807, 2.05) is 12.3 Å². The number of hydrogen-bond acceptors (Lipinski definition) is 2. The average molecular weight is 271 g/mol. The Bertz CT molecular complexity index is 838. The van der Waals surface area contributed by atoms with E-state index in [1.165, 1.54) is 27.8 Å². The first-order valence-corrected chi connectivity index (χ1v) is 7.22. The highest BCUT2D eigenvalue weighted by Gasteiger charge is 2.36. The maximum Gasteiger partial charge on any atom is 0.104 e. The second-order valence-corrected chi connectivity index (χ2v) is 5.56. The van der Waals surface area contributed by atoms with Gasteiger partial charge in [0.25, 0.3) is 0 Å². The lowest BCUT2D eigenvalue weighted by molar-refractivity contribution is 0.0878. The average Bonchev–Trinajstić information content (AvgIpc) is 3.20. The van der Waals surface area contributed by atoms with Crippen LogP contribution in [0.25, 0.3) is 22.4 Å². The Hall–Kier alpha value is -2.45. The smallest absolute Gasteiger partial charge is 0.104 e. The monoisotopic (exact) mass is 271 g/mol. The highest BCUT2D eigenvalue weighted by molar-refractivity contribution is 5.85. The molecule has 0 amide bonds. The fourth-order valence-corrected chi connectivity index (χ4v) is 3.44. The van der Waals surface area contributed by atoms with E-state index in [0.717, 1.165) is 5.69 Å². The van der Waals surface area contributed by atoms with Crippen LogP contribution in [0.3, 0.4) is 0 Å². The summed E-state index contributed by atoms with van der Waals surface area (Å²) >= 11 is 0. The number of benzene rings is 1. The zero-order valence-electron chi connectivity index (χ0n) is 11.4. The third kappa shape index (κ3) is 1.48. The van der Waals surface area contributed by atoms with E-state index in [2.05, 4.69) is 54.6 Å².